The Bertz CT molecular complexity index is 670. The van der Waals surface area contributed by atoms with E-state index in [-0.39, 0.29) is 11.9 Å². The summed E-state index contributed by atoms with van der Waals surface area (Å²) in [6.07, 6.45) is 5.01. The number of rotatable bonds is 4. The summed E-state index contributed by atoms with van der Waals surface area (Å²) in [4.78, 5) is 12.3. The first kappa shape index (κ1) is 15.2. The highest BCUT2D eigenvalue weighted by Crippen LogP contribution is 2.24. The highest BCUT2D eigenvalue weighted by Gasteiger charge is 2.28. The zero-order chi connectivity index (χ0) is 15.5. The number of hydrogen-bond donors (Lipinski definition) is 2. The average Bonchev–Trinajstić information content (AvgIpc) is 3.16. The van der Waals surface area contributed by atoms with Crippen LogP contribution in [0.15, 0.2) is 41.0 Å². The van der Waals surface area contributed by atoms with Crippen molar-refractivity contribution in [2.24, 2.45) is 11.7 Å². The molecule has 1 aliphatic rings. The van der Waals surface area contributed by atoms with E-state index in [0.29, 0.717) is 18.2 Å². The van der Waals surface area contributed by atoms with Gasteiger partial charge in [-0.05, 0) is 49.6 Å². The van der Waals surface area contributed by atoms with E-state index in [1.54, 1.807) is 16.9 Å². The van der Waals surface area contributed by atoms with Crippen molar-refractivity contribution in [1.82, 2.24) is 15.1 Å². The van der Waals surface area contributed by atoms with E-state index in [9.17, 15) is 4.79 Å². The summed E-state index contributed by atoms with van der Waals surface area (Å²) in [7, 11) is 0. The third-order valence-electron chi connectivity index (χ3n) is 4.17. The summed E-state index contributed by atoms with van der Waals surface area (Å²) in [5.41, 5.74) is 7.10. The first-order valence-electron chi connectivity index (χ1n) is 7.50. The molecule has 0 spiro atoms. The van der Waals surface area contributed by atoms with Gasteiger partial charge in [-0.15, -0.1) is 0 Å². The third-order valence-corrected chi connectivity index (χ3v) is 4.67. The van der Waals surface area contributed by atoms with Crippen LogP contribution < -0.4 is 11.1 Å². The Morgan fingerprint density at radius 2 is 2.27 bits per heavy atom. The van der Waals surface area contributed by atoms with Gasteiger partial charge in [0.25, 0.3) is 5.91 Å². The fourth-order valence-corrected chi connectivity index (χ4v) is 3.35. The molecule has 6 heteroatoms. The van der Waals surface area contributed by atoms with E-state index in [1.165, 1.54) is 0 Å². The fourth-order valence-electron chi connectivity index (χ4n) is 2.96. The number of nitrogens with two attached hydrogens (primary N) is 1. The van der Waals surface area contributed by atoms with Crippen molar-refractivity contribution >= 4 is 21.8 Å². The van der Waals surface area contributed by atoms with Crippen molar-refractivity contribution < 1.29 is 4.79 Å². The van der Waals surface area contributed by atoms with E-state index < -0.39 is 0 Å². The number of halogens is 1. The number of carbonyl (C=O) groups excluding carboxylic acids is 1. The van der Waals surface area contributed by atoms with Crippen molar-refractivity contribution in [3.8, 4) is 5.69 Å². The second kappa shape index (κ2) is 6.62. The maximum absolute atomic E-state index is 12.3. The van der Waals surface area contributed by atoms with Gasteiger partial charge < -0.3 is 11.1 Å². The summed E-state index contributed by atoms with van der Waals surface area (Å²) >= 11 is 3.44. The monoisotopic (exact) mass is 362 g/mol. The van der Waals surface area contributed by atoms with Crippen LogP contribution in [0.3, 0.4) is 0 Å². The highest BCUT2D eigenvalue weighted by molar-refractivity contribution is 9.10. The topological polar surface area (TPSA) is 72.9 Å². The van der Waals surface area contributed by atoms with E-state index in [0.717, 1.165) is 29.4 Å². The molecule has 2 unspecified atom stereocenters. The lowest BCUT2D eigenvalue weighted by Crippen LogP contribution is -2.40. The molecule has 0 aliphatic heterocycles. The number of nitrogens with zero attached hydrogens (tertiary/aromatic N) is 2. The summed E-state index contributed by atoms with van der Waals surface area (Å²) in [5, 5.41) is 7.44. The lowest BCUT2D eigenvalue weighted by Gasteiger charge is -2.18. The van der Waals surface area contributed by atoms with Crippen molar-refractivity contribution in [2.45, 2.75) is 25.3 Å². The smallest absolute Gasteiger partial charge is 0.272 e. The maximum Gasteiger partial charge on any atom is 0.272 e. The van der Waals surface area contributed by atoms with Crippen LogP contribution in [-0.2, 0) is 0 Å². The second-order valence-electron chi connectivity index (χ2n) is 5.63. The molecule has 1 aliphatic carbocycles. The lowest BCUT2D eigenvalue weighted by molar-refractivity contribution is 0.0923. The zero-order valence-corrected chi connectivity index (χ0v) is 13.8. The standard InChI is InChI=1S/C16H19BrN4O/c17-12-4-2-5-13(9-12)21-8-7-15(20-21)16(22)19-14-6-1-3-11(14)10-18/h2,4-5,7-9,11,14H,1,3,6,10,18H2,(H,19,22). The van der Waals surface area contributed by atoms with Gasteiger partial charge in [0.2, 0.25) is 0 Å². The molecule has 1 amide bonds. The van der Waals surface area contributed by atoms with Crippen LogP contribution in [-0.4, -0.2) is 28.3 Å². The summed E-state index contributed by atoms with van der Waals surface area (Å²) < 4.78 is 2.68. The fraction of sp³-hybridized carbons (Fsp3) is 0.375. The largest absolute Gasteiger partial charge is 0.348 e. The van der Waals surface area contributed by atoms with Crippen molar-refractivity contribution in [2.75, 3.05) is 6.54 Å². The SMILES string of the molecule is NCC1CCCC1NC(=O)c1ccn(-c2cccc(Br)c2)n1. The van der Waals surface area contributed by atoms with Crippen molar-refractivity contribution in [3.63, 3.8) is 0 Å². The van der Waals surface area contributed by atoms with Crippen molar-refractivity contribution in [3.05, 3.63) is 46.7 Å². The molecule has 5 nitrogen and oxygen atoms in total. The van der Waals surface area contributed by atoms with Crippen LogP contribution in [0, 0.1) is 5.92 Å². The van der Waals surface area contributed by atoms with E-state index in [4.69, 9.17) is 5.73 Å². The molecule has 1 fully saturated rings. The van der Waals surface area contributed by atoms with Gasteiger partial charge in [0.05, 0.1) is 5.69 Å². The number of aromatic nitrogens is 2. The molecule has 0 radical (unpaired) electrons. The predicted octanol–water partition coefficient (Wildman–Crippen LogP) is 2.49. The van der Waals surface area contributed by atoms with Crippen LogP contribution in [0.1, 0.15) is 29.8 Å². The summed E-state index contributed by atoms with van der Waals surface area (Å²) in [6, 6.07) is 9.70. The molecular weight excluding hydrogens is 344 g/mol. The van der Waals surface area contributed by atoms with Crippen LogP contribution in [0.4, 0.5) is 0 Å². The second-order valence-corrected chi connectivity index (χ2v) is 6.55. The van der Waals surface area contributed by atoms with Gasteiger partial charge >= 0.3 is 0 Å². The quantitative estimate of drug-likeness (QED) is 0.877. The molecule has 1 saturated carbocycles. The Morgan fingerprint density at radius 3 is 3.05 bits per heavy atom. The minimum absolute atomic E-state index is 0.126. The van der Waals surface area contributed by atoms with Gasteiger partial charge in [0.1, 0.15) is 0 Å². The molecule has 3 rings (SSSR count). The number of nitrogens with one attached hydrogen (secondary N) is 1. The van der Waals surface area contributed by atoms with Crippen molar-refractivity contribution in [1.29, 1.82) is 0 Å². The van der Waals surface area contributed by atoms with Crippen LogP contribution >= 0.6 is 15.9 Å². The first-order valence-corrected chi connectivity index (χ1v) is 8.29. The molecule has 2 atom stereocenters. The first-order chi connectivity index (χ1) is 10.7. The van der Waals surface area contributed by atoms with Gasteiger partial charge in [-0.2, -0.15) is 5.10 Å². The van der Waals surface area contributed by atoms with Gasteiger partial charge in [-0.3, -0.25) is 4.79 Å². The normalized spacial score (nSPS) is 21.0. The average molecular weight is 363 g/mol. The number of hydrogen-bond acceptors (Lipinski definition) is 3. The molecule has 0 saturated heterocycles. The predicted molar refractivity (Wildman–Crippen MR) is 88.9 cm³/mol. The summed E-state index contributed by atoms with van der Waals surface area (Å²) in [6.45, 7) is 0.622. The Kier molecular flexibility index (Phi) is 4.59. The number of benzene rings is 1. The number of amides is 1. The Hall–Kier alpha value is -1.66. The molecule has 116 valence electrons. The molecule has 3 N–H and O–H groups in total. The Labute approximate surface area is 138 Å². The summed E-state index contributed by atoms with van der Waals surface area (Å²) in [5.74, 6) is 0.259. The van der Waals surface area contributed by atoms with E-state index in [2.05, 4.69) is 26.3 Å². The third kappa shape index (κ3) is 3.23. The molecule has 2 aromatic rings. The highest BCUT2D eigenvalue weighted by atomic mass is 79.9. The molecule has 0 bridgehead atoms. The molecule has 1 heterocycles. The lowest BCUT2D eigenvalue weighted by atomic mass is 10.0. The molecule has 1 aromatic heterocycles. The van der Waals surface area contributed by atoms with Gasteiger partial charge in [-0.25, -0.2) is 4.68 Å². The zero-order valence-electron chi connectivity index (χ0n) is 12.2. The maximum atomic E-state index is 12.3. The van der Waals surface area contributed by atoms with E-state index >= 15 is 0 Å². The van der Waals surface area contributed by atoms with Gasteiger partial charge in [0.15, 0.2) is 5.69 Å². The van der Waals surface area contributed by atoms with Gasteiger partial charge in [0, 0.05) is 16.7 Å². The Morgan fingerprint density at radius 1 is 1.41 bits per heavy atom. The van der Waals surface area contributed by atoms with Gasteiger partial charge in [-0.1, -0.05) is 28.4 Å². The molecular formula is C16H19BrN4O. The minimum Gasteiger partial charge on any atom is -0.348 e. The Balaban J connectivity index is 1.72. The minimum atomic E-state index is -0.126. The molecule has 1 aromatic carbocycles. The van der Waals surface area contributed by atoms with Crippen LogP contribution in [0.2, 0.25) is 0 Å². The van der Waals surface area contributed by atoms with E-state index in [1.807, 2.05) is 24.3 Å². The number of carbonyl (C=O) groups is 1. The van der Waals surface area contributed by atoms with Crippen LogP contribution in [0.5, 0.6) is 0 Å². The van der Waals surface area contributed by atoms with Crippen LogP contribution in [0.25, 0.3) is 5.69 Å². The molecule has 22 heavy (non-hydrogen) atoms.